The van der Waals surface area contributed by atoms with Crippen LogP contribution in [0.4, 0.5) is 10.5 Å². The molecule has 206 valence electrons. The van der Waals surface area contributed by atoms with Crippen molar-refractivity contribution in [3.8, 4) is 5.75 Å². The molecule has 2 aliphatic rings. The summed E-state index contributed by atoms with van der Waals surface area (Å²) in [5.74, 6) is 0.393. The first-order valence-corrected chi connectivity index (χ1v) is 13.7. The molecular formula is C28H43N3O5S. The average Bonchev–Trinajstić information content (AvgIpc) is 2.76. The van der Waals surface area contributed by atoms with E-state index in [9.17, 15) is 9.59 Å². The molecule has 0 spiro atoms. The Hall–Kier alpha value is -2.39. The molecule has 0 saturated heterocycles. The average molecular weight is 534 g/mol. The number of benzene rings is 1. The molecule has 0 bridgehead atoms. The Balaban J connectivity index is 1.76. The van der Waals surface area contributed by atoms with E-state index < -0.39 is 23.2 Å². The summed E-state index contributed by atoms with van der Waals surface area (Å²) in [4.78, 5) is 28.1. The van der Waals surface area contributed by atoms with Crippen LogP contribution in [0.1, 0.15) is 97.7 Å². The SMILES string of the molecule is CC1Oc2cc3c(cc2NC1=S)C(N(CCCCC(N)C(=O)OC(C)(C)C)C(=O)OC(C)(C)C)CCC3. The van der Waals surface area contributed by atoms with Crippen LogP contribution in [-0.4, -0.2) is 51.8 Å². The number of rotatable bonds is 7. The zero-order chi connectivity index (χ0) is 27.5. The lowest BCUT2D eigenvalue weighted by Gasteiger charge is -2.38. The van der Waals surface area contributed by atoms with E-state index in [0.29, 0.717) is 30.8 Å². The standard InChI is InChI=1S/C28H43N3O5S/c1-17-24(37)30-21-16-19-18(15-23(21)34-17)11-10-13-22(19)31(26(33)36-28(5,6)7)14-9-8-12-20(29)25(32)35-27(2,3)4/h15-17,20,22H,8-14,29H2,1-7H3,(H,30,37). The maximum Gasteiger partial charge on any atom is 0.410 e. The molecule has 0 radical (unpaired) electrons. The van der Waals surface area contributed by atoms with Crippen LogP contribution in [-0.2, 0) is 20.7 Å². The van der Waals surface area contributed by atoms with E-state index in [2.05, 4.69) is 17.4 Å². The highest BCUT2D eigenvalue weighted by Crippen LogP contribution is 2.42. The highest BCUT2D eigenvalue weighted by Gasteiger charge is 2.34. The van der Waals surface area contributed by atoms with Gasteiger partial charge < -0.3 is 30.2 Å². The van der Waals surface area contributed by atoms with E-state index >= 15 is 0 Å². The number of ether oxygens (including phenoxy) is 3. The molecule has 1 aliphatic heterocycles. The van der Waals surface area contributed by atoms with Crippen LogP contribution in [0.3, 0.4) is 0 Å². The number of carbonyl (C=O) groups is 2. The van der Waals surface area contributed by atoms with Gasteiger partial charge in [-0.2, -0.15) is 0 Å². The van der Waals surface area contributed by atoms with Crippen LogP contribution in [0, 0.1) is 0 Å². The van der Waals surface area contributed by atoms with E-state index in [4.69, 9.17) is 32.2 Å². The van der Waals surface area contributed by atoms with Gasteiger partial charge in [0.15, 0.2) is 0 Å². The number of thiocarbonyl (C=S) groups is 1. The van der Waals surface area contributed by atoms with Crippen molar-refractivity contribution in [3.63, 3.8) is 0 Å². The van der Waals surface area contributed by atoms with Gasteiger partial charge in [0, 0.05) is 6.54 Å². The van der Waals surface area contributed by atoms with Gasteiger partial charge in [-0.05, 0) is 110 Å². The molecule has 3 N–H and O–H groups in total. The first-order chi connectivity index (χ1) is 17.1. The van der Waals surface area contributed by atoms with Crippen LogP contribution in [0.25, 0.3) is 0 Å². The Morgan fingerprint density at radius 2 is 1.84 bits per heavy atom. The third-order valence-electron chi connectivity index (χ3n) is 6.33. The fraction of sp³-hybridized carbons (Fsp3) is 0.679. The van der Waals surface area contributed by atoms with Gasteiger partial charge in [0.1, 0.15) is 34.1 Å². The summed E-state index contributed by atoms with van der Waals surface area (Å²) >= 11 is 5.42. The van der Waals surface area contributed by atoms with E-state index in [0.717, 1.165) is 36.3 Å². The zero-order valence-electron chi connectivity index (χ0n) is 23.3. The predicted molar refractivity (Wildman–Crippen MR) is 149 cm³/mol. The summed E-state index contributed by atoms with van der Waals surface area (Å²) in [6.45, 7) is 13.5. The first kappa shape index (κ1) is 29.2. The molecule has 9 heteroatoms. The van der Waals surface area contributed by atoms with Gasteiger partial charge >= 0.3 is 12.1 Å². The number of nitrogens with two attached hydrogens (primary N) is 1. The van der Waals surface area contributed by atoms with Crippen molar-refractivity contribution in [3.05, 3.63) is 23.3 Å². The maximum atomic E-state index is 13.4. The van der Waals surface area contributed by atoms with E-state index in [1.165, 1.54) is 5.56 Å². The summed E-state index contributed by atoms with van der Waals surface area (Å²) < 4.78 is 17.2. The van der Waals surface area contributed by atoms with Gasteiger partial charge in [-0.25, -0.2) is 4.79 Å². The number of nitrogens with zero attached hydrogens (tertiary/aromatic N) is 1. The predicted octanol–water partition coefficient (Wildman–Crippen LogP) is 5.66. The van der Waals surface area contributed by atoms with Gasteiger partial charge in [-0.3, -0.25) is 4.79 Å². The lowest BCUT2D eigenvalue weighted by molar-refractivity contribution is -0.156. The fourth-order valence-corrected chi connectivity index (χ4v) is 4.80. The van der Waals surface area contributed by atoms with Gasteiger partial charge in [-0.1, -0.05) is 12.2 Å². The minimum absolute atomic E-state index is 0.127. The Morgan fingerprint density at radius 1 is 1.16 bits per heavy atom. The second-order valence-electron chi connectivity index (χ2n) is 12.0. The molecule has 37 heavy (non-hydrogen) atoms. The molecule has 0 saturated carbocycles. The molecule has 3 rings (SSSR count). The van der Waals surface area contributed by atoms with Gasteiger partial charge in [0.25, 0.3) is 0 Å². The quantitative estimate of drug-likeness (QED) is 0.263. The summed E-state index contributed by atoms with van der Waals surface area (Å²) in [5, 5.41) is 3.29. The Bertz CT molecular complexity index is 1010. The molecule has 1 aromatic rings. The number of aryl methyl sites for hydroxylation is 1. The lowest BCUT2D eigenvalue weighted by Crippen LogP contribution is -2.41. The number of fused-ring (bicyclic) bond motifs is 2. The molecule has 3 atom stereocenters. The normalized spacial score (nSPS) is 20.1. The summed E-state index contributed by atoms with van der Waals surface area (Å²) in [5.41, 5.74) is 7.99. The summed E-state index contributed by atoms with van der Waals surface area (Å²) in [6, 6.07) is 3.34. The van der Waals surface area contributed by atoms with Crippen molar-refractivity contribution in [1.29, 1.82) is 0 Å². The van der Waals surface area contributed by atoms with Gasteiger partial charge in [0.05, 0.1) is 11.7 Å². The molecule has 1 amide bonds. The zero-order valence-corrected chi connectivity index (χ0v) is 24.1. The molecule has 1 aliphatic carbocycles. The van der Waals surface area contributed by atoms with Crippen molar-refractivity contribution in [1.82, 2.24) is 4.90 Å². The van der Waals surface area contributed by atoms with E-state index in [-0.39, 0.29) is 18.2 Å². The third kappa shape index (κ3) is 8.04. The third-order valence-corrected chi connectivity index (χ3v) is 6.77. The number of nitrogens with one attached hydrogen (secondary N) is 1. The van der Waals surface area contributed by atoms with Crippen molar-refractivity contribution in [2.75, 3.05) is 11.9 Å². The number of unbranched alkanes of at least 4 members (excludes halogenated alkanes) is 1. The number of carbonyl (C=O) groups excluding carboxylic acids is 2. The molecule has 8 nitrogen and oxygen atoms in total. The minimum Gasteiger partial charge on any atom is -0.481 e. The van der Waals surface area contributed by atoms with Crippen LogP contribution >= 0.6 is 12.2 Å². The van der Waals surface area contributed by atoms with Gasteiger partial charge in [-0.15, -0.1) is 0 Å². The number of hydrogen-bond acceptors (Lipinski definition) is 7. The van der Waals surface area contributed by atoms with Gasteiger partial charge in [0.2, 0.25) is 0 Å². The van der Waals surface area contributed by atoms with Crippen LogP contribution < -0.4 is 15.8 Å². The van der Waals surface area contributed by atoms with Crippen LogP contribution in [0.5, 0.6) is 5.75 Å². The van der Waals surface area contributed by atoms with Crippen molar-refractivity contribution in [2.45, 2.75) is 116 Å². The monoisotopic (exact) mass is 533 g/mol. The minimum atomic E-state index is -0.687. The highest BCUT2D eigenvalue weighted by molar-refractivity contribution is 7.80. The smallest absolute Gasteiger partial charge is 0.410 e. The Labute approximate surface area is 226 Å². The summed E-state index contributed by atoms with van der Waals surface area (Å²) in [6.07, 6.45) is 4.07. The van der Waals surface area contributed by atoms with Crippen molar-refractivity contribution in [2.24, 2.45) is 5.73 Å². The molecule has 3 unspecified atom stereocenters. The second-order valence-corrected chi connectivity index (χ2v) is 12.5. The van der Waals surface area contributed by atoms with Crippen molar-refractivity contribution >= 4 is 35.0 Å². The molecule has 0 fully saturated rings. The maximum absolute atomic E-state index is 13.4. The molecule has 1 aromatic carbocycles. The molecule has 0 aromatic heterocycles. The van der Waals surface area contributed by atoms with E-state index in [1.807, 2.05) is 53.4 Å². The lowest BCUT2D eigenvalue weighted by atomic mass is 9.85. The summed E-state index contributed by atoms with van der Waals surface area (Å²) in [7, 11) is 0. The second kappa shape index (κ2) is 11.6. The van der Waals surface area contributed by atoms with Crippen molar-refractivity contribution < 1.29 is 23.8 Å². The number of amides is 1. The number of esters is 1. The fourth-order valence-electron chi connectivity index (χ4n) is 4.64. The molecular weight excluding hydrogens is 490 g/mol. The number of anilines is 1. The van der Waals surface area contributed by atoms with E-state index in [1.54, 1.807) is 0 Å². The Kier molecular flexibility index (Phi) is 9.11. The number of hydrogen-bond donors (Lipinski definition) is 2. The Morgan fingerprint density at radius 3 is 2.49 bits per heavy atom. The van der Waals surface area contributed by atoms with Crippen LogP contribution in [0.15, 0.2) is 12.1 Å². The first-order valence-electron chi connectivity index (χ1n) is 13.3. The highest BCUT2D eigenvalue weighted by atomic mass is 32.1. The van der Waals surface area contributed by atoms with Crippen LogP contribution in [0.2, 0.25) is 0 Å². The topological polar surface area (TPSA) is 103 Å². The largest absolute Gasteiger partial charge is 0.481 e. The molecule has 1 heterocycles.